The van der Waals surface area contributed by atoms with Crippen LogP contribution in [0, 0.1) is 0 Å². The number of hydrogen-bond donors (Lipinski definition) is 0. The average molecular weight is 510 g/mol. The van der Waals surface area contributed by atoms with Crippen LogP contribution in [0.15, 0.2) is 53.4 Å². The van der Waals surface area contributed by atoms with Gasteiger partial charge in [0.2, 0.25) is 10.0 Å². The van der Waals surface area contributed by atoms with Crippen LogP contribution in [0.4, 0.5) is 5.82 Å². The van der Waals surface area contributed by atoms with Crippen molar-refractivity contribution in [1.82, 2.24) is 19.2 Å². The van der Waals surface area contributed by atoms with Crippen LogP contribution in [0.5, 0.6) is 0 Å². The summed E-state index contributed by atoms with van der Waals surface area (Å²) in [6.45, 7) is 11.5. The predicted octanol–water partition coefficient (Wildman–Crippen LogP) is 3.66. The van der Waals surface area contributed by atoms with Crippen molar-refractivity contribution < 1.29 is 13.2 Å². The standard InChI is InChI=1S/C27H35N5O3S/c1-20(2)22-8-10-23(11-9-22)36(33,34)32-14-12-30(13-15-32)21(3)26-28-25-7-5-4-6-24(25)27(29-26)31-16-18-35-19-17-31/h4-11,20-21H,12-19H2,1-3H3/t21-/m1/s1. The molecule has 0 amide bonds. The SMILES string of the molecule is CC(C)c1ccc(S(=O)(=O)N2CCN([C@H](C)c3nc(N4CCOCC4)c4ccccc4n3)CC2)cc1. The molecule has 0 radical (unpaired) electrons. The second-order valence-corrected chi connectivity index (χ2v) is 11.8. The molecule has 2 aliphatic heterocycles. The van der Waals surface area contributed by atoms with Gasteiger partial charge in [-0.3, -0.25) is 4.90 Å². The first-order chi connectivity index (χ1) is 17.3. The van der Waals surface area contributed by atoms with E-state index >= 15 is 0 Å². The molecule has 2 fully saturated rings. The number of nitrogens with zero attached hydrogens (tertiary/aromatic N) is 5. The van der Waals surface area contributed by atoms with E-state index in [1.807, 2.05) is 30.3 Å². The van der Waals surface area contributed by atoms with E-state index < -0.39 is 10.0 Å². The van der Waals surface area contributed by atoms with Crippen LogP contribution in [0.25, 0.3) is 10.9 Å². The molecule has 9 heteroatoms. The number of ether oxygens (including phenoxy) is 1. The van der Waals surface area contributed by atoms with E-state index in [1.54, 1.807) is 16.4 Å². The minimum atomic E-state index is -3.51. The zero-order chi connectivity index (χ0) is 25.3. The molecule has 3 heterocycles. The Morgan fingerprint density at radius 3 is 2.17 bits per heavy atom. The lowest BCUT2D eigenvalue weighted by molar-refractivity contribution is 0.122. The maximum atomic E-state index is 13.2. The van der Waals surface area contributed by atoms with Crippen LogP contribution in [0.3, 0.4) is 0 Å². The van der Waals surface area contributed by atoms with Crippen LogP contribution in [0.2, 0.25) is 0 Å². The quantitative estimate of drug-likeness (QED) is 0.502. The Kier molecular flexibility index (Phi) is 7.25. The minimum Gasteiger partial charge on any atom is -0.378 e. The summed E-state index contributed by atoms with van der Waals surface area (Å²) in [5.74, 6) is 2.10. The number of piperazine rings is 1. The Balaban J connectivity index is 1.32. The number of para-hydroxylation sites is 1. The molecule has 0 unspecified atom stereocenters. The van der Waals surface area contributed by atoms with Gasteiger partial charge in [-0.25, -0.2) is 18.4 Å². The van der Waals surface area contributed by atoms with Gasteiger partial charge in [-0.1, -0.05) is 38.1 Å². The zero-order valence-corrected chi connectivity index (χ0v) is 22.1. The maximum absolute atomic E-state index is 13.2. The van der Waals surface area contributed by atoms with Crippen LogP contribution in [-0.4, -0.2) is 80.1 Å². The molecular formula is C27H35N5O3S. The number of rotatable bonds is 6. The summed E-state index contributed by atoms with van der Waals surface area (Å²) >= 11 is 0. The summed E-state index contributed by atoms with van der Waals surface area (Å²) in [4.78, 5) is 14.8. The number of fused-ring (bicyclic) bond motifs is 1. The van der Waals surface area contributed by atoms with Crippen LogP contribution in [0.1, 0.15) is 44.1 Å². The second-order valence-electron chi connectivity index (χ2n) is 9.86. The highest BCUT2D eigenvalue weighted by atomic mass is 32.2. The molecule has 2 aromatic carbocycles. The fourth-order valence-corrected chi connectivity index (χ4v) is 6.37. The number of hydrogen-bond acceptors (Lipinski definition) is 7. The first-order valence-electron chi connectivity index (χ1n) is 12.8. The van der Waals surface area contributed by atoms with Crippen molar-refractivity contribution in [2.75, 3.05) is 57.4 Å². The van der Waals surface area contributed by atoms with Crippen molar-refractivity contribution in [2.45, 2.75) is 37.6 Å². The highest BCUT2D eigenvalue weighted by Gasteiger charge is 2.31. The monoisotopic (exact) mass is 509 g/mol. The van der Waals surface area contributed by atoms with E-state index in [2.05, 4.69) is 36.6 Å². The molecule has 0 aliphatic carbocycles. The molecule has 2 saturated heterocycles. The lowest BCUT2D eigenvalue weighted by atomic mass is 10.0. The molecule has 8 nitrogen and oxygen atoms in total. The number of morpholine rings is 1. The Labute approximate surface area is 213 Å². The van der Waals surface area contributed by atoms with Crippen molar-refractivity contribution in [3.05, 3.63) is 59.9 Å². The average Bonchev–Trinajstić information content (AvgIpc) is 2.92. The highest BCUT2D eigenvalue weighted by molar-refractivity contribution is 7.89. The minimum absolute atomic E-state index is 0.0235. The largest absolute Gasteiger partial charge is 0.378 e. The summed E-state index contributed by atoms with van der Waals surface area (Å²) in [6, 6.07) is 15.4. The first-order valence-corrected chi connectivity index (χ1v) is 14.2. The zero-order valence-electron chi connectivity index (χ0n) is 21.3. The Hall–Kier alpha value is -2.59. The second kappa shape index (κ2) is 10.4. The van der Waals surface area contributed by atoms with E-state index in [-0.39, 0.29) is 6.04 Å². The normalized spacial score (nSPS) is 19.2. The van der Waals surface area contributed by atoms with Gasteiger partial charge in [-0.15, -0.1) is 0 Å². The Morgan fingerprint density at radius 1 is 0.833 bits per heavy atom. The third-order valence-corrected chi connectivity index (χ3v) is 9.20. The third-order valence-electron chi connectivity index (χ3n) is 7.29. The molecule has 1 atom stereocenters. The van der Waals surface area contributed by atoms with Crippen LogP contribution < -0.4 is 4.90 Å². The van der Waals surface area contributed by atoms with Crippen LogP contribution >= 0.6 is 0 Å². The van der Waals surface area contributed by atoms with Crippen LogP contribution in [-0.2, 0) is 14.8 Å². The molecule has 0 N–H and O–H groups in total. The summed E-state index contributed by atoms with van der Waals surface area (Å²) in [5.41, 5.74) is 2.07. The molecule has 36 heavy (non-hydrogen) atoms. The van der Waals surface area contributed by atoms with Crippen molar-refractivity contribution in [3.63, 3.8) is 0 Å². The summed E-state index contributed by atoms with van der Waals surface area (Å²) in [7, 11) is -3.51. The maximum Gasteiger partial charge on any atom is 0.243 e. The van der Waals surface area contributed by atoms with Gasteiger partial charge in [0, 0.05) is 44.7 Å². The van der Waals surface area contributed by atoms with E-state index in [4.69, 9.17) is 14.7 Å². The van der Waals surface area contributed by atoms with Gasteiger partial charge in [0.25, 0.3) is 0 Å². The Bertz CT molecular complexity index is 1300. The molecule has 3 aromatic rings. The summed E-state index contributed by atoms with van der Waals surface area (Å²) in [5, 5.41) is 1.05. The number of aromatic nitrogens is 2. The number of anilines is 1. The lowest BCUT2D eigenvalue weighted by Gasteiger charge is -2.37. The van der Waals surface area contributed by atoms with Crippen molar-refractivity contribution in [2.24, 2.45) is 0 Å². The summed E-state index contributed by atoms with van der Waals surface area (Å²) < 4.78 is 33.6. The van der Waals surface area contributed by atoms with Gasteiger partial charge in [-0.05, 0) is 42.7 Å². The molecule has 1 aromatic heterocycles. The fourth-order valence-electron chi connectivity index (χ4n) is 4.95. The van der Waals surface area contributed by atoms with E-state index in [9.17, 15) is 8.42 Å². The topological polar surface area (TPSA) is 78.9 Å². The van der Waals surface area contributed by atoms with Crippen molar-refractivity contribution in [1.29, 1.82) is 0 Å². The van der Waals surface area contributed by atoms with E-state index in [1.165, 1.54) is 0 Å². The molecule has 2 aliphatic rings. The van der Waals surface area contributed by atoms with Crippen molar-refractivity contribution >= 4 is 26.7 Å². The molecular weight excluding hydrogens is 474 g/mol. The predicted molar refractivity (Wildman–Crippen MR) is 142 cm³/mol. The Morgan fingerprint density at radius 2 is 1.50 bits per heavy atom. The third kappa shape index (κ3) is 4.98. The van der Waals surface area contributed by atoms with E-state index in [0.717, 1.165) is 41.2 Å². The van der Waals surface area contributed by atoms with Gasteiger partial charge in [0.1, 0.15) is 11.6 Å². The van der Waals surface area contributed by atoms with Gasteiger partial charge in [0.15, 0.2) is 0 Å². The van der Waals surface area contributed by atoms with E-state index in [0.29, 0.717) is 50.2 Å². The molecule has 192 valence electrons. The lowest BCUT2D eigenvalue weighted by Crippen LogP contribution is -2.49. The molecule has 0 bridgehead atoms. The smallest absolute Gasteiger partial charge is 0.243 e. The van der Waals surface area contributed by atoms with Gasteiger partial charge >= 0.3 is 0 Å². The van der Waals surface area contributed by atoms with Crippen molar-refractivity contribution in [3.8, 4) is 0 Å². The summed E-state index contributed by atoms with van der Waals surface area (Å²) in [6.07, 6.45) is 0. The van der Waals surface area contributed by atoms with Gasteiger partial charge in [-0.2, -0.15) is 4.31 Å². The van der Waals surface area contributed by atoms with Gasteiger partial charge in [0.05, 0.1) is 29.7 Å². The highest BCUT2D eigenvalue weighted by Crippen LogP contribution is 2.29. The first kappa shape index (κ1) is 25.1. The number of sulfonamides is 1. The van der Waals surface area contributed by atoms with Gasteiger partial charge < -0.3 is 9.64 Å². The molecule has 0 spiro atoms. The molecule has 5 rings (SSSR count). The fraction of sp³-hybridized carbons (Fsp3) is 0.481. The molecule has 0 saturated carbocycles. The number of benzene rings is 2.